The van der Waals surface area contributed by atoms with Crippen molar-refractivity contribution in [3.63, 3.8) is 0 Å². The first-order valence-electron chi connectivity index (χ1n) is 4.10. The first-order valence-corrected chi connectivity index (χ1v) is 4.10. The number of rotatable bonds is 4. The lowest BCUT2D eigenvalue weighted by molar-refractivity contribution is -0.0465. The van der Waals surface area contributed by atoms with E-state index in [0.29, 0.717) is 13.0 Å². The average molecular weight is 167 g/mol. The molecular formula is C9H13NO2. The van der Waals surface area contributed by atoms with Gasteiger partial charge in [0.05, 0.1) is 31.3 Å². The van der Waals surface area contributed by atoms with Gasteiger partial charge in [-0.3, -0.25) is 0 Å². The molecule has 0 unspecified atom stereocenters. The van der Waals surface area contributed by atoms with Crippen molar-refractivity contribution in [2.24, 2.45) is 0 Å². The molecule has 0 atom stereocenters. The van der Waals surface area contributed by atoms with Crippen molar-refractivity contribution in [1.82, 2.24) is 0 Å². The fourth-order valence-corrected chi connectivity index (χ4v) is 1.40. The Morgan fingerprint density at radius 2 is 2.17 bits per heavy atom. The molecule has 0 radical (unpaired) electrons. The van der Waals surface area contributed by atoms with E-state index in [1.54, 1.807) is 0 Å². The Labute approximate surface area is 72.3 Å². The predicted octanol–water partition coefficient (Wildman–Crippen LogP) is 0.998. The zero-order valence-corrected chi connectivity index (χ0v) is 6.99. The lowest BCUT2D eigenvalue weighted by atomic mass is 9.97. The molecule has 0 saturated carbocycles. The van der Waals surface area contributed by atoms with E-state index in [1.165, 1.54) is 0 Å². The van der Waals surface area contributed by atoms with Gasteiger partial charge in [0, 0.05) is 0 Å². The highest BCUT2D eigenvalue weighted by Gasteiger charge is 2.31. The van der Waals surface area contributed by atoms with Crippen LogP contribution in [0, 0.1) is 11.3 Å². The third-order valence-corrected chi connectivity index (χ3v) is 2.05. The lowest BCUT2D eigenvalue weighted by Gasteiger charge is -2.26. The summed E-state index contributed by atoms with van der Waals surface area (Å²) in [7, 11) is 0. The molecule has 0 bridgehead atoms. The van der Waals surface area contributed by atoms with Gasteiger partial charge in [-0.2, -0.15) is 5.26 Å². The summed E-state index contributed by atoms with van der Waals surface area (Å²) < 4.78 is 5.45. The van der Waals surface area contributed by atoms with Gasteiger partial charge in [-0.1, -0.05) is 12.2 Å². The third kappa shape index (κ3) is 2.07. The van der Waals surface area contributed by atoms with Crippen LogP contribution in [0.25, 0.3) is 0 Å². The fraction of sp³-hybridized carbons (Fsp3) is 0.667. The second-order valence-electron chi connectivity index (χ2n) is 2.97. The topological polar surface area (TPSA) is 53.2 Å². The molecule has 1 aliphatic rings. The normalized spacial score (nSPS) is 19.3. The molecule has 0 amide bonds. The number of aliphatic hydroxyl groups is 1. The van der Waals surface area contributed by atoms with E-state index >= 15 is 0 Å². The molecule has 3 nitrogen and oxygen atoms in total. The average Bonchev–Trinajstić information content (AvgIpc) is 2.51. The highest BCUT2D eigenvalue weighted by molar-refractivity contribution is 5.07. The summed E-state index contributed by atoms with van der Waals surface area (Å²) in [4.78, 5) is 0. The van der Waals surface area contributed by atoms with Crippen LogP contribution in [-0.2, 0) is 4.74 Å². The summed E-state index contributed by atoms with van der Waals surface area (Å²) in [6.07, 6.45) is 6.03. The molecule has 0 aromatic rings. The zero-order chi connectivity index (χ0) is 8.86. The van der Waals surface area contributed by atoms with Gasteiger partial charge >= 0.3 is 0 Å². The molecular weight excluding hydrogens is 154 g/mol. The Morgan fingerprint density at radius 3 is 2.67 bits per heavy atom. The summed E-state index contributed by atoms with van der Waals surface area (Å²) in [5, 5.41) is 17.2. The van der Waals surface area contributed by atoms with Gasteiger partial charge in [0.15, 0.2) is 0 Å². The van der Waals surface area contributed by atoms with Gasteiger partial charge in [-0.25, -0.2) is 0 Å². The first-order chi connectivity index (χ1) is 5.83. The molecule has 0 saturated heterocycles. The Kier molecular flexibility index (Phi) is 3.27. The Bertz CT molecular complexity index is 197. The molecule has 0 spiro atoms. The molecule has 1 N–H and O–H groups in total. The summed E-state index contributed by atoms with van der Waals surface area (Å²) in [5.41, 5.74) is -0.336. The maximum absolute atomic E-state index is 8.58. The van der Waals surface area contributed by atoms with E-state index in [2.05, 4.69) is 6.07 Å². The van der Waals surface area contributed by atoms with E-state index in [0.717, 1.165) is 12.8 Å². The van der Waals surface area contributed by atoms with Crippen LogP contribution in [0.15, 0.2) is 12.2 Å². The molecule has 12 heavy (non-hydrogen) atoms. The van der Waals surface area contributed by atoms with Gasteiger partial charge < -0.3 is 9.84 Å². The van der Waals surface area contributed by atoms with E-state index in [-0.39, 0.29) is 12.2 Å². The molecule has 0 aromatic heterocycles. The molecule has 0 aromatic carbocycles. The second kappa shape index (κ2) is 4.24. The maximum Gasteiger partial charge on any atom is 0.0881 e. The third-order valence-electron chi connectivity index (χ3n) is 2.05. The van der Waals surface area contributed by atoms with Crippen LogP contribution in [-0.4, -0.2) is 23.9 Å². The van der Waals surface area contributed by atoms with Crippen LogP contribution < -0.4 is 0 Å². The highest BCUT2D eigenvalue weighted by atomic mass is 16.5. The van der Waals surface area contributed by atoms with Gasteiger partial charge in [0.2, 0.25) is 0 Å². The van der Waals surface area contributed by atoms with Crippen molar-refractivity contribution < 1.29 is 9.84 Å². The zero-order valence-electron chi connectivity index (χ0n) is 6.99. The molecule has 0 aliphatic heterocycles. The van der Waals surface area contributed by atoms with Crippen molar-refractivity contribution in [1.29, 1.82) is 5.26 Å². The monoisotopic (exact) mass is 167 g/mol. The minimum Gasteiger partial charge on any atom is -0.394 e. The molecule has 66 valence electrons. The Balaban J connectivity index is 2.44. The SMILES string of the molecule is N#CCC1(OCCO)CC=CC1. The van der Waals surface area contributed by atoms with Crippen molar-refractivity contribution in [2.75, 3.05) is 13.2 Å². The van der Waals surface area contributed by atoms with Crippen LogP contribution in [0.3, 0.4) is 0 Å². The minimum atomic E-state index is -0.336. The van der Waals surface area contributed by atoms with Gasteiger partial charge in [0.25, 0.3) is 0 Å². The quantitative estimate of drug-likeness (QED) is 0.635. The number of nitriles is 1. The molecule has 0 heterocycles. The van der Waals surface area contributed by atoms with Crippen molar-refractivity contribution in [3.05, 3.63) is 12.2 Å². The Hall–Kier alpha value is -0.850. The van der Waals surface area contributed by atoms with Crippen molar-refractivity contribution >= 4 is 0 Å². The summed E-state index contributed by atoms with van der Waals surface area (Å²) >= 11 is 0. The van der Waals surface area contributed by atoms with E-state index in [4.69, 9.17) is 15.1 Å². The highest BCUT2D eigenvalue weighted by Crippen LogP contribution is 2.30. The van der Waals surface area contributed by atoms with Crippen LogP contribution >= 0.6 is 0 Å². The molecule has 1 aliphatic carbocycles. The number of aliphatic hydroxyl groups excluding tert-OH is 1. The van der Waals surface area contributed by atoms with Crippen LogP contribution in [0.5, 0.6) is 0 Å². The summed E-state index contributed by atoms with van der Waals surface area (Å²) in [6, 6.07) is 2.11. The maximum atomic E-state index is 8.58. The lowest BCUT2D eigenvalue weighted by Crippen LogP contribution is -2.30. The van der Waals surface area contributed by atoms with Gasteiger partial charge in [-0.05, 0) is 12.8 Å². The van der Waals surface area contributed by atoms with Gasteiger partial charge in [0.1, 0.15) is 0 Å². The van der Waals surface area contributed by atoms with Crippen LogP contribution in [0.4, 0.5) is 0 Å². The summed E-state index contributed by atoms with van der Waals surface area (Å²) in [6.45, 7) is 0.344. The van der Waals surface area contributed by atoms with Crippen molar-refractivity contribution in [2.45, 2.75) is 24.9 Å². The minimum absolute atomic E-state index is 0.0210. The predicted molar refractivity (Wildman–Crippen MR) is 44.4 cm³/mol. The standard InChI is InChI=1S/C9H13NO2/c10-6-5-9(12-8-7-11)3-1-2-4-9/h1-2,11H,3-5,7-8H2. The van der Waals surface area contributed by atoms with Crippen LogP contribution in [0.2, 0.25) is 0 Å². The smallest absolute Gasteiger partial charge is 0.0881 e. The number of nitrogens with zero attached hydrogens (tertiary/aromatic N) is 1. The van der Waals surface area contributed by atoms with Crippen molar-refractivity contribution in [3.8, 4) is 6.07 Å². The number of ether oxygens (including phenoxy) is 1. The second-order valence-corrected chi connectivity index (χ2v) is 2.97. The number of hydrogen-bond acceptors (Lipinski definition) is 3. The molecule has 0 fully saturated rings. The van der Waals surface area contributed by atoms with E-state index in [9.17, 15) is 0 Å². The van der Waals surface area contributed by atoms with E-state index < -0.39 is 0 Å². The van der Waals surface area contributed by atoms with Crippen LogP contribution in [0.1, 0.15) is 19.3 Å². The fourth-order valence-electron chi connectivity index (χ4n) is 1.40. The molecule has 1 rings (SSSR count). The molecule has 3 heteroatoms. The Morgan fingerprint density at radius 1 is 1.50 bits per heavy atom. The van der Waals surface area contributed by atoms with Gasteiger partial charge in [-0.15, -0.1) is 0 Å². The van der Waals surface area contributed by atoms with E-state index in [1.807, 2.05) is 12.2 Å². The first kappa shape index (κ1) is 9.24. The number of hydrogen-bond donors (Lipinski definition) is 1. The largest absolute Gasteiger partial charge is 0.394 e. The summed E-state index contributed by atoms with van der Waals surface area (Å²) in [5.74, 6) is 0.